The Hall–Kier alpha value is -4.25. The smallest absolute Gasteiger partial charge is 0.303 e. The molecular weight excluding hydrogens is 534 g/mol. The SMILES string of the molecule is COc1ccc(N(C)S(=O)(=O)c2ccc(OC)c(N3CCN(C(=O)[C@@H](OC(C)=O)c4ccccc4)CC3)c2)cc1. The normalized spacial score (nSPS) is 14.3. The van der Waals surface area contributed by atoms with Gasteiger partial charge in [-0.3, -0.25) is 13.9 Å². The lowest BCUT2D eigenvalue weighted by molar-refractivity contribution is -0.159. The third-order valence-corrected chi connectivity index (χ3v) is 8.57. The molecule has 1 atom stereocenters. The molecule has 4 rings (SSSR count). The van der Waals surface area contributed by atoms with Gasteiger partial charge in [0.2, 0.25) is 6.10 Å². The number of benzene rings is 3. The van der Waals surface area contributed by atoms with Crippen LogP contribution < -0.4 is 18.7 Å². The van der Waals surface area contributed by atoms with E-state index in [4.69, 9.17) is 14.2 Å². The molecule has 3 aromatic carbocycles. The number of hydrogen-bond donors (Lipinski definition) is 0. The minimum absolute atomic E-state index is 0.110. The highest BCUT2D eigenvalue weighted by Crippen LogP contribution is 2.34. The van der Waals surface area contributed by atoms with Crippen LogP contribution in [0.25, 0.3) is 0 Å². The van der Waals surface area contributed by atoms with E-state index in [0.717, 1.165) is 0 Å². The van der Waals surface area contributed by atoms with E-state index in [2.05, 4.69) is 0 Å². The molecule has 3 aromatic rings. The molecule has 10 nitrogen and oxygen atoms in total. The molecule has 212 valence electrons. The van der Waals surface area contributed by atoms with Gasteiger partial charge in [0, 0.05) is 45.7 Å². The Morgan fingerprint density at radius 1 is 0.875 bits per heavy atom. The number of ether oxygens (including phenoxy) is 3. The minimum Gasteiger partial charge on any atom is -0.497 e. The Kier molecular flexibility index (Phi) is 8.83. The van der Waals surface area contributed by atoms with Crippen LogP contribution in [0.15, 0.2) is 77.7 Å². The summed E-state index contributed by atoms with van der Waals surface area (Å²) in [4.78, 5) is 28.8. The standard InChI is InChI=1S/C29H33N3O7S/c1-21(33)39-28(22-8-6-5-7-9-22)29(34)32-18-16-31(17-19-32)26-20-25(14-15-27(26)38-4)40(35,36)30(2)23-10-12-24(37-3)13-11-23/h5-15,20,28H,16-19H2,1-4H3/t28-/m0/s1. The van der Waals surface area contributed by atoms with Crippen LogP contribution in [0.2, 0.25) is 0 Å². The quantitative estimate of drug-likeness (QED) is 0.362. The van der Waals surface area contributed by atoms with Crippen molar-refractivity contribution in [3.63, 3.8) is 0 Å². The first-order valence-corrected chi connectivity index (χ1v) is 14.2. The van der Waals surface area contributed by atoms with Gasteiger partial charge in [0.15, 0.2) is 0 Å². The number of nitrogens with zero attached hydrogens (tertiary/aromatic N) is 3. The number of methoxy groups -OCH3 is 2. The average Bonchev–Trinajstić information content (AvgIpc) is 2.99. The maximum Gasteiger partial charge on any atom is 0.303 e. The first kappa shape index (κ1) is 28.8. The summed E-state index contributed by atoms with van der Waals surface area (Å²) in [5.74, 6) is 0.309. The van der Waals surface area contributed by atoms with Crippen molar-refractivity contribution in [3.8, 4) is 11.5 Å². The third-order valence-electron chi connectivity index (χ3n) is 6.79. The number of hydrogen-bond acceptors (Lipinski definition) is 8. The monoisotopic (exact) mass is 567 g/mol. The highest BCUT2D eigenvalue weighted by molar-refractivity contribution is 7.92. The van der Waals surface area contributed by atoms with Crippen molar-refractivity contribution in [2.24, 2.45) is 0 Å². The summed E-state index contributed by atoms with van der Waals surface area (Å²) >= 11 is 0. The Morgan fingerprint density at radius 3 is 2.10 bits per heavy atom. The summed E-state index contributed by atoms with van der Waals surface area (Å²) in [5, 5.41) is 0. The molecule has 0 spiro atoms. The lowest BCUT2D eigenvalue weighted by atomic mass is 10.1. The van der Waals surface area contributed by atoms with Crippen LogP contribution >= 0.6 is 0 Å². The summed E-state index contributed by atoms with van der Waals surface area (Å²) in [6.07, 6.45) is -1.03. The molecule has 1 aliphatic heterocycles. The van der Waals surface area contributed by atoms with E-state index in [9.17, 15) is 18.0 Å². The highest BCUT2D eigenvalue weighted by Gasteiger charge is 2.32. The fraction of sp³-hybridized carbons (Fsp3) is 0.310. The largest absolute Gasteiger partial charge is 0.497 e. The summed E-state index contributed by atoms with van der Waals surface area (Å²) in [7, 11) is 0.694. The van der Waals surface area contributed by atoms with E-state index in [1.54, 1.807) is 72.7 Å². The van der Waals surface area contributed by atoms with Gasteiger partial charge in [-0.25, -0.2) is 8.42 Å². The van der Waals surface area contributed by atoms with Gasteiger partial charge in [-0.1, -0.05) is 30.3 Å². The predicted octanol–water partition coefficient (Wildman–Crippen LogP) is 3.48. The minimum atomic E-state index is -3.88. The second kappa shape index (κ2) is 12.3. The van der Waals surface area contributed by atoms with Crippen LogP contribution in [0.3, 0.4) is 0 Å². The number of rotatable bonds is 9. The zero-order chi connectivity index (χ0) is 28.9. The molecule has 1 fully saturated rings. The summed E-state index contributed by atoms with van der Waals surface area (Å²) in [6.45, 7) is 2.86. The lowest BCUT2D eigenvalue weighted by Gasteiger charge is -2.38. The van der Waals surface area contributed by atoms with Crippen LogP contribution in [0.4, 0.5) is 11.4 Å². The van der Waals surface area contributed by atoms with Gasteiger partial charge in [0.1, 0.15) is 11.5 Å². The summed E-state index contributed by atoms with van der Waals surface area (Å²) in [5.41, 5.74) is 1.70. The fourth-order valence-electron chi connectivity index (χ4n) is 4.55. The third kappa shape index (κ3) is 6.15. The average molecular weight is 568 g/mol. The number of sulfonamides is 1. The first-order valence-electron chi connectivity index (χ1n) is 12.7. The zero-order valence-electron chi connectivity index (χ0n) is 22.9. The summed E-state index contributed by atoms with van der Waals surface area (Å²) < 4.78 is 44.3. The predicted molar refractivity (Wildman–Crippen MR) is 151 cm³/mol. The number of anilines is 2. The first-order chi connectivity index (χ1) is 19.1. The van der Waals surface area contributed by atoms with Gasteiger partial charge < -0.3 is 24.0 Å². The second-order valence-corrected chi connectivity index (χ2v) is 11.2. The molecule has 1 heterocycles. The molecule has 0 radical (unpaired) electrons. The Morgan fingerprint density at radius 2 is 1.52 bits per heavy atom. The molecule has 0 aromatic heterocycles. The van der Waals surface area contributed by atoms with Gasteiger partial charge in [-0.2, -0.15) is 0 Å². The number of esters is 1. The number of piperazine rings is 1. The van der Waals surface area contributed by atoms with Gasteiger partial charge in [-0.05, 0) is 42.5 Å². The lowest BCUT2D eigenvalue weighted by Crippen LogP contribution is -2.50. The molecule has 40 heavy (non-hydrogen) atoms. The Bertz CT molecular complexity index is 1440. The van der Waals surface area contributed by atoms with E-state index >= 15 is 0 Å². The number of amides is 1. The van der Waals surface area contributed by atoms with E-state index in [1.807, 2.05) is 11.0 Å². The molecule has 11 heteroatoms. The molecule has 0 saturated carbocycles. The van der Waals surface area contributed by atoms with Gasteiger partial charge in [0.05, 0.1) is 30.5 Å². The molecule has 1 aliphatic rings. The van der Waals surface area contributed by atoms with E-state index in [-0.39, 0.29) is 10.8 Å². The van der Waals surface area contributed by atoms with Crippen molar-refractivity contribution < 1.29 is 32.2 Å². The molecule has 1 saturated heterocycles. The highest BCUT2D eigenvalue weighted by atomic mass is 32.2. The van der Waals surface area contributed by atoms with Crippen molar-refractivity contribution in [2.45, 2.75) is 17.9 Å². The van der Waals surface area contributed by atoms with Crippen LogP contribution in [0, 0.1) is 0 Å². The van der Waals surface area contributed by atoms with Crippen LogP contribution in [-0.2, 0) is 24.3 Å². The van der Waals surface area contributed by atoms with Gasteiger partial charge in [0.25, 0.3) is 15.9 Å². The van der Waals surface area contributed by atoms with Gasteiger partial charge >= 0.3 is 5.97 Å². The van der Waals surface area contributed by atoms with Crippen molar-refractivity contribution in [3.05, 3.63) is 78.4 Å². The van der Waals surface area contributed by atoms with Crippen molar-refractivity contribution in [1.29, 1.82) is 0 Å². The van der Waals surface area contributed by atoms with Crippen LogP contribution in [0.5, 0.6) is 11.5 Å². The maximum absolute atomic E-state index is 13.5. The van der Waals surface area contributed by atoms with Crippen molar-refractivity contribution in [2.75, 3.05) is 56.7 Å². The van der Waals surface area contributed by atoms with Crippen molar-refractivity contribution in [1.82, 2.24) is 4.90 Å². The maximum atomic E-state index is 13.5. The fourth-order valence-corrected chi connectivity index (χ4v) is 5.77. The topological polar surface area (TPSA) is 106 Å². The molecule has 0 bridgehead atoms. The Balaban J connectivity index is 1.53. The zero-order valence-corrected chi connectivity index (χ0v) is 23.8. The van der Waals surface area contributed by atoms with E-state index < -0.39 is 22.1 Å². The Labute approximate surface area is 234 Å². The number of carbonyl (C=O) groups is 2. The van der Waals surface area contributed by atoms with E-state index in [0.29, 0.717) is 54.6 Å². The molecule has 0 unspecified atom stereocenters. The number of carbonyl (C=O) groups excluding carboxylic acids is 2. The van der Waals surface area contributed by atoms with E-state index in [1.165, 1.54) is 31.5 Å². The van der Waals surface area contributed by atoms with Crippen LogP contribution in [-0.4, -0.2) is 72.6 Å². The summed E-state index contributed by atoms with van der Waals surface area (Å²) in [6, 6.07) is 20.4. The van der Waals surface area contributed by atoms with Gasteiger partial charge in [-0.15, -0.1) is 0 Å². The van der Waals surface area contributed by atoms with Crippen LogP contribution in [0.1, 0.15) is 18.6 Å². The van der Waals surface area contributed by atoms with Crippen molar-refractivity contribution >= 4 is 33.3 Å². The molecule has 1 amide bonds. The second-order valence-electron chi connectivity index (χ2n) is 9.22. The molecular formula is C29H33N3O7S. The molecule has 0 aliphatic carbocycles. The molecule has 0 N–H and O–H groups in total.